The fourth-order valence-corrected chi connectivity index (χ4v) is 5.41. The van der Waals surface area contributed by atoms with Crippen LogP contribution in [0.25, 0.3) is 5.57 Å². The Morgan fingerprint density at radius 2 is 2.07 bits per heavy atom. The predicted octanol–water partition coefficient (Wildman–Crippen LogP) is 5.29. The Morgan fingerprint density at radius 1 is 1.31 bits per heavy atom. The molecule has 0 aliphatic heterocycles. The van der Waals surface area contributed by atoms with E-state index in [0.717, 1.165) is 21.2 Å². The largest absolute Gasteiger partial charge is 0.480 e. The molecule has 0 spiro atoms. The molecule has 0 saturated carbocycles. The molecular formula is C22H20FNO3S2. The normalized spacial score (nSPS) is 18.2. The smallest absolute Gasteiger partial charge is 0.319 e. The van der Waals surface area contributed by atoms with Crippen LogP contribution in [-0.2, 0) is 16.0 Å². The average Bonchev–Trinajstić information content (AvgIpc) is 3.14. The Kier molecular flexibility index (Phi) is 5.46. The number of thioether (sulfide) groups is 1. The van der Waals surface area contributed by atoms with Gasteiger partial charge in [-0.15, -0.1) is 11.3 Å². The summed E-state index contributed by atoms with van der Waals surface area (Å²) in [6.45, 7) is 3.73. The van der Waals surface area contributed by atoms with Gasteiger partial charge in [0.15, 0.2) is 4.34 Å². The van der Waals surface area contributed by atoms with E-state index in [1.165, 1.54) is 23.1 Å². The Labute approximate surface area is 176 Å². The molecule has 0 radical (unpaired) electrons. The number of fused-ring (bicyclic) bond motifs is 2. The van der Waals surface area contributed by atoms with E-state index < -0.39 is 10.7 Å². The number of nitrogens with zero attached hydrogens (tertiary/aromatic N) is 1. The topological polar surface area (TPSA) is 59.4 Å². The van der Waals surface area contributed by atoms with Gasteiger partial charge < -0.3 is 9.84 Å². The maximum atomic E-state index is 14.4. The van der Waals surface area contributed by atoms with Gasteiger partial charge in [-0.25, -0.2) is 9.37 Å². The Morgan fingerprint density at radius 3 is 2.76 bits per heavy atom. The summed E-state index contributed by atoms with van der Waals surface area (Å²) in [7, 11) is 0. The lowest BCUT2D eigenvalue weighted by Gasteiger charge is -2.36. The number of hydrogen-bond donors (Lipinski definition) is 1. The molecule has 1 heterocycles. The Bertz CT molecular complexity index is 1040. The molecule has 1 unspecified atom stereocenters. The Hall–Kier alpha value is -2.22. The van der Waals surface area contributed by atoms with Gasteiger partial charge in [-0.1, -0.05) is 54.2 Å². The third-order valence-corrected chi connectivity index (χ3v) is 7.04. The van der Waals surface area contributed by atoms with E-state index in [-0.39, 0.29) is 11.9 Å². The van der Waals surface area contributed by atoms with E-state index in [9.17, 15) is 14.3 Å². The first-order valence-electron chi connectivity index (χ1n) is 9.23. The van der Waals surface area contributed by atoms with Crippen LogP contribution < -0.4 is 0 Å². The van der Waals surface area contributed by atoms with E-state index in [1.54, 1.807) is 19.9 Å². The van der Waals surface area contributed by atoms with Crippen molar-refractivity contribution in [3.63, 3.8) is 0 Å². The second-order valence-electron chi connectivity index (χ2n) is 7.32. The Balaban J connectivity index is 1.35. The molecule has 1 aromatic heterocycles. The van der Waals surface area contributed by atoms with Gasteiger partial charge in [-0.2, -0.15) is 0 Å². The van der Waals surface area contributed by atoms with Crippen LogP contribution in [0.2, 0.25) is 0 Å². The zero-order valence-corrected chi connectivity index (χ0v) is 17.6. The summed E-state index contributed by atoms with van der Waals surface area (Å²) in [6.07, 6.45) is 3.99. The number of aliphatic carboxylic acids is 1. The highest BCUT2D eigenvalue weighted by atomic mass is 32.2. The van der Waals surface area contributed by atoms with Gasteiger partial charge in [-0.05, 0) is 25.0 Å². The van der Waals surface area contributed by atoms with Gasteiger partial charge in [0.2, 0.25) is 0 Å². The second-order valence-corrected chi connectivity index (χ2v) is 10.0. The van der Waals surface area contributed by atoms with Crippen LogP contribution in [0, 0.1) is 0 Å². The molecule has 2 aliphatic rings. The minimum Gasteiger partial charge on any atom is -0.480 e. The summed E-state index contributed by atoms with van der Waals surface area (Å²) < 4.78 is 20.2. The standard InChI is InChI=1S/C22H20FNO3S2/c1-22(2,20(25)26)29-21-24-14(12-28-21)10-11-27-19-16-9-8-15(17(19)18(16)23)13-6-4-3-5-7-13/h3-9,12,19H,10-11H2,1-2H3,(H,25,26). The molecule has 2 bridgehead atoms. The molecule has 2 aliphatic carbocycles. The number of hydrogen-bond acceptors (Lipinski definition) is 5. The van der Waals surface area contributed by atoms with Crippen molar-refractivity contribution < 1.29 is 19.0 Å². The van der Waals surface area contributed by atoms with Crippen LogP contribution in [-0.4, -0.2) is 33.5 Å². The molecule has 4 nitrogen and oxygen atoms in total. The van der Waals surface area contributed by atoms with E-state index in [1.807, 2.05) is 41.8 Å². The number of thiazole rings is 1. The maximum absolute atomic E-state index is 14.4. The minimum absolute atomic E-state index is 0.181. The maximum Gasteiger partial charge on any atom is 0.319 e. The molecular weight excluding hydrogens is 409 g/mol. The predicted molar refractivity (Wildman–Crippen MR) is 114 cm³/mol. The van der Waals surface area contributed by atoms with Crippen LogP contribution >= 0.6 is 23.1 Å². The van der Waals surface area contributed by atoms with Crippen molar-refractivity contribution in [2.24, 2.45) is 0 Å². The number of ether oxygens (including phenoxy) is 1. The van der Waals surface area contributed by atoms with Crippen LogP contribution in [0.1, 0.15) is 25.1 Å². The fraction of sp³-hybridized carbons (Fsp3) is 0.273. The first-order valence-corrected chi connectivity index (χ1v) is 10.9. The molecule has 150 valence electrons. The average molecular weight is 430 g/mol. The number of carboxylic acids is 1. The van der Waals surface area contributed by atoms with Crippen LogP contribution in [0.5, 0.6) is 0 Å². The number of carboxylic acid groups (broad SMARTS) is 1. The van der Waals surface area contributed by atoms with Gasteiger partial charge >= 0.3 is 5.97 Å². The molecule has 1 N–H and O–H groups in total. The molecule has 29 heavy (non-hydrogen) atoms. The van der Waals surface area contributed by atoms with Gasteiger partial charge in [0.05, 0.1) is 12.3 Å². The summed E-state index contributed by atoms with van der Waals surface area (Å²) in [5, 5.41) is 11.2. The summed E-state index contributed by atoms with van der Waals surface area (Å²) in [5.41, 5.74) is 3.91. The summed E-state index contributed by atoms with van der Waals surface area (Å²) >= 11 is 2.67. The van der Waals surface area contributed by atoms with Crippen molar-refractivity contribution in [1.29, 1.82) is 0 Å². The van der Waals surface area contributed by atoms with Gasteiger partial charge in [-0.3, -0.25) is 4.79 Å². The van der Waals surface area contributed by atoms with E-state index in [2.05, 4.69) is 4.98 Å². The first kappa shape index (κ1) is 20.1. The third-order valence-electron chi connectivity index (χ3n) is 4.87. The number of benzene rings is 1. The molecule has 4 rings (SSSR count). The van der Waals surface area contributed by atoms with E-state index in [0.29, 0.717) is 24.2 Å². The minimum atomic E-state index is -0.925. The van der Waals surface area contributed by atoms with Crippen molar-refractivity contribution >= 4 is 34.6 Å². The van der Waals surface area contributed by atoms with Crippen molar-refractivity contribution in [3.05, 3.63) is 76.1 Å². The zero-order valence-electron chi connectivity index (χ0n) is 16.0. The SMILES string of the molecule is CC(C)(Sc1nc(CCOC2c3ccc(-c4ccccc4)c2c3F)cs1)C(=O)O. The number of carbonyl (C=O) groups is 1. The molecule has 1 aromatic carbocycles. The van der Waals surface area contributed by atoms with Gasteiger partial charge in [0, 0.05) is 22.9 Å². The second kappa shape index (κ2) is 7.89. The lowest BCUT2D eigenvalue weighted by molar-refractivity contribution is -0.138. The molecule has 7 heteroatoms. The van der Waals surface area contributed by atoms with Crippen LogP contribution in [0.3, 0.4) is 0 Å². The van der Waals surface area contributed by atoms with Crippen molar-refractivity contribution in [1.82, 2.24) is 4.98 Å². The molecule has 0 fully saturated rings. The molecule has 2 aromatic rings. The summed E-state index contributed by atoms with van der Waals surface area (Å²) in [5.74, 6) is -1.05. The van der Waals surface area contributed by atoms with Gasteiger partial charge in [0.1, 0.15) is 16.7 Å². The third kappa shape index (κ3) is 3.95. The van der Waals surface area contributed by atoms with Crippen molar-refractivity contribution in [2.75, 3.05) is 6.61 Å². The summed E-state index contributed by atoms with van der Waals surface area (Å²) in [4.78, 5) is 15.8. The van der Waals surface area contributed by atoms with Gasteiger partial charge in [0.25, 0.3) is 0 Å². The van der Waals surface area contributed by atoms with Crippen LogP contribution in [0.4, 0.5) is 4.39 Å². The fourth-order valence-electron chi connectivity index (χ4n) is 3.18. The first-order chi connectivity index (χ1) is 13.9. The molecule has 1 atom stereocenters. The quantitative estimate of drug-likeness (QED) is 0.578. The highest BCUT2D eigenvalue weighted by Crippen LogP contribution is 2.48. The van der Waals surface area contributed by atoms with Crippen molar-refractivity contribution in [3.8, 4) is 0 Å². The number of rotatable bonds is 8. The lowest BCUT2D eigenvalue weighted by atomic mass is 9.76. The van der Waals surface area contributed by atoms with E-state index in [4.69, 9.17) is 4.74 Å². The molecule has 0 saturated heterocycles. The van der Waals surface area contributed by atoms with Crippen LogP contribution in [0.15, 0.2) is 69.2 Å². The van der Waals surface area contributed by atoms with E-state index >= 15 is 0 Å². The monoisotopic (exact) mass is 429 g/mol. The molecule has 0 amide bonds. The summed E-state index contributed by atoms with van der Waals surface area (Å²) in [6, 6.07) is 9.74. The number of aromatic nitrogens is 1. The number of allylic oxidation sites excluding steroid dienone is 2. The highest BCUT2D eigenvalue weighted by molar-refractivity contribution is 8.02. The number of halogens is 1. The lowest BCUT2D eigenvalue weighted by Crippen LogP contribution is -2.32. The van der Waals surface area contributed by atoms with Crippen molar-refractivity contribution in [2.45, 2.75) is 35.5 Å². The highest BCUT2D eigenvalue weighted by Gasteiger charge is 2.41. The zero-order chi connectivity index (χ0) is 20.6.